The van der Waals surface area contributed by atoms with Crippen molar-refractivity contribution in [3.8, 4) is 5.75 Å². The van der Waals surface area contributed by atoms with E-state index in [-0.39, 0.29) is 11.8 Å². The fourth-order valence-electron chi connectivity index (χ4n) is 1.15. The minimum absolute atomic E-state index is 0.0399. The normalized spacial score (nSPS) is 13.9. The van der Waals surface area contributed by atoms with Crippen molar-refractivity contribution >= 4 is 35.9 Å². The number of alkyl halides is 1. The molecule has 0 bridgehead atoms. The molecule has 0 aliphatic carbocycles. The molecular weight excluding hydrogens is 372 g/mol. The van der Waals surface area contributed by atoms with Crippen LogP contribution in [0.4, 0.5) is 5.69 Å². The molecule has 0 aliphatic rings. The lowest BCUT2D eigenvalue weighted by Gasteiger charge is -2.17. The van der Waals surface area contributed by atoms with E-state index in [2.05, 4.69) is 22.6 Å². The van der Waals surface area contributed by atoms with Gasteiger partial charge in [-0.3, -0.25) is 14.6 Å². The van der Waals surface area contributed by atoms with Crippen LogP contribution in [0.25, 0.3) is 0 Å². The molecule has 1 atom stereocenters. The zero-order chi connectivity index (χ0) is 13.6. The Morgan fingerprint density at radius 1 is 1.39 bits per heavy atom. The van der Waals surface area contributed by atoms with Crippen molar-refractivity contribution in [3.05, 3.63) is 34.4 Å². The molecule has 1 rings (SSSR count). The van der Waals surface area contributed by atoms with Crippen molar-refractivity contribution in [3.63, 3.8) is 0 Å². The van der Waals surface area contributed by atoms with Gasteiger partial charge in [0.25, 0.3) is 5.69 Å². The third kappa shape index (κ3) is 4.55. The van der Waals surface area contributed by atoms with E-state index in [4.69, 9.17) is 9.05 Å². The maximum absolute atomic E-state index is 12.1. The molecule has 0 N–H and O–H groups in total. The summed E-state index contributed by atoms with van der Waals surface area (Å²) in [6, 6.07) is 5.42. The molecule has 0 radical (unpaired) electrons. The summed E-state index contributed by atoms with van der Waals surface area (Å²) in [6.07, 6.45) is 0.251. The highest BCUT2D eigenvalue weighted by atomic mass is 127. The number of rotatable bonds is 7. The molecule has 0 saturated heterocycles. The molecule has 1 aromatic carbocycles. The van der Waals surface area contributed by atoms with Crippen LogP contribution in [-0.2, 0) is 9.09 Å². The van der Waals surface area contributed by atoms with Crippen LogP contribution in [0.1, 0.15) is 6.92 Å². The minimum atomic E-state index is -3.15. The Kier molecular flexibility index (Phi) is 6.04. The van der Waals surface area contributed by atoms with Crippen LogP contribution >= 0.6 is 30.2 Å². The first-order valence-electron chi connectivity index (χ1n) is 5.24. The van der Waals surface area contributed by atoms with Gasteiger partial charge in [-0.15, -0.1) is 0 Å². The van der Waals surface area contributed by atoms with E-state index in [0.29, 0.717) is 16.8 Å². The van der Waals surface area contributed by atoms with E-state index in [0.717, 1.165) is 0 Å². The molecule has 0 heterocycles. The van der Waals surface area contributed by atoms with Crippen molar-refractivity contribution < 1.29 is 18.5 Å². The Balaban J connectivity index is 2.76. The molecule has 0 aliphatic heterocycles. The first kappa shape index (κ1) is 15.4. The van der Waals surface area contributed by atoms with Gasteiger partial charge in [-0.25, -0.2) is 4.57 Å². The summed E-state index contributed by atoms with van der Waals surface area (Å²) in [7, 11) is -3.15. The van der Waals surface area contributed by atoms with E-state index < -0.39 is 12.5 Å². The van der Waals surface area contributed by atoms with Gasteiger partial charge < -0.3 is 4.52 Å². The van der Waals surface area contributed by atoms with Gasteiger partial charge in [0.05, 0.1) is 17.7 Å². The van der Waals surface area contributed by atoms with Gasteiger partial charge in [-0.05, 0) is 12.1 Å². The van der Waals surface area contributed by atoms with Gasteiger partial charge in [0.15, 0.2) is 0 Å². The van der Waals surface area contributed by atoms with E-state index >= 15 is 0 Å². The van der Waals surface area contributed by atoms with E-state index in [9.17, 15) is 14.7 Å². The Morgan fingerprint density at radius 3 is 2.44 bits per heavy atom. The van der Waals surface area contributed by atoms with Gasteiger partial charge in [-0.1, -0.05) is 29.5 Å². The number of halogens is 1. The van der Waals surface area contributed by atoms with E-state index in [1.54, 1.807) is 6.92 Å². The highest BCUT2D eigenvalue weighted by molar-refractivity contribution is 14.1. The lowest BCUT2D eigenvalue weighted by molar-refractivity contribution is -0.384. The largest absolute Gasteiger partial charge is 0.424 e. The summed E-state index contributed by atoms with van der Waals surface area (Å²) in [4.78, 5) is 9.98. The molecule has 1 aromatic rings. The van der Waals surface area contributed by atoms with Crippen LogP contribution in [0.3, 0.4) is 0 Å². The van der Waals surface area contributed by atoms with Crippen molar-refractivity contribution in [2.24, 2.45) is 0 Å². The van der Waals surface area contributed by atoms with Crippen LogP contribution in [-0.4, -0.2) is 22.1 Å². The van der Waals surface area contributed by atoms with Gasteiger partial charge in [0.2, 0.25) is 0 Å². The van der Waals surface area contributed by atoms with Crippen LogP contribution in [0.2, 0.25) is 0 Å². The number of nitrogens with zero attached hydrogens (tertiary/aromatic N) is 1. The SMILES string of the molecule is CCP(=O)(OCCI)Oc1ccc([N+](=O)[O-])cc1. The fourth-order valence-corrected chi connectivity index (χ4v) is 2.89. The summed E-state index contributed by atoms with van der Waals surface area (Å²) in [5.41, 5.74) is -0.0399. The molecule has 0 amide bonds. The molecule has 0 fully saturated rings. The quantitative estimate of drug-likeness (QED) is 0.236. The highest BCUT2D eigenvalue weighted by Crippen LogP contribution is 2.47. The Labute approximate surface area is 118 Å². The lowest BCUT2D eigenvalue weighted by atomic mass is 10.3. The molecular formula is C10H13INO5P. The molecule has 0 aromatic heterocycles. The van der Waals surface area contributed by atoms with Crippen molar-refractivity contribution in [1.29, 1.82) is 0 Å². The summed E-state index contributed by atoms with van der Waals surface area (Å²) >= 11 is 2.11. The molecule has 100 valence electrons. The van der Waals surface area contributed by atoms with Gasteiger partial charge in [0.1, 0.15) is 5.75 Å². The number of benzene rings is 1. The molecule has 0 spiro atoms. The number of hydrogen-bond donors (Lipinski definition) is 0. The Morgan fingerprint density at radius 2 is 2.00 bits per heavy atom. The zero-order valence-electron chi connectivity index (χ0n) is 9.74. The van der Waals surface area contributed by atoms with E-state index in [1.165, 1.54) is 24.3 Å². The van der Waals surface area contributed by atoms with Crippen LogP contribution in [0.5, 0.6) is 5.75 Å². The third-order valence-electron chi connectivity index (χ3n) is 2.04. The number of hydrogen-bond acceptors (Lipinski definition) is 5. The van der Waals surface area contributed by atoms with Gasteiger partial charge in [-0.2, -0.15) is 0 Å². The maximum atomic E-state index is 12.1. The second kappa shape index (κ2) is 7.06. The van der Waals surface area contributed by atoms with Gasteiger partial charge in [0, 0.05) is 16.6 Å². The number of nitro groups is 1. The fraction of sp³-hybridized carbons (Fsp3) is 0.400. The smallest absolute Gasteiger partial charge is 0.378 e. The summed E-state index contributed by atoms with van der Waals surface area (Å²) in [6.45, 7) is 2.05. The second-order valence-electron chi connectivity index (χ2n) is 3.29. The van der Waals surface area contributed by atoms with Crippen LogP contribution in [0.15, 0.2) is 24.3 Å². The number of non-ortho nitro benzene ring substituents is 1. The first-order valence-corrected chi connectivity index (χ1v) is 8.49. The monoisotopic (exact) mass is 385 g/mol. The predicted molar refractivity (Wildman–Crippen MR) is 76.7 cm³/mol. The maximum Gasteiger partial charge on any atom is 0.378 e. The zero-order valence-corrected chi connectivity index (χ0v) is 12.8. The third-order valence-corrected chi connectivity index (χ3v) is 4.32. The topological polar surface area (TPSA) is 78.7 Å². The standard InChI is InChI=1S/C10H13INO5P/c1-2-18(15,16-8-7-11)17-10-5-3-9(4-6-10)12(13)14/h3-6H,2,7-8H2,1H3. The lowest BCUT2D eigenvalue weighted by Crippen LogP contribution is -2.02. The molecule has 1 unspecified atom stereocenters. The molecule has 8 heteroatoms. The molecule has 0 saturated carbocycles. The van der Waals surface area contributed by atoms with Crippen LogP contribution in [0, 0.1) is 10.1 Å². The van der Waals surface area contributed by atoms with Gasteiger partial charge >= 0.3 is 7.60 Å². The Hall–Kier alpha value is -0.660. The summed E-state index contributed by atoms with van der Waals surface area (Å²) in [5.74, 6) is 0.305. The predicted octanol–water partition coefficient (Wildman–Crippen LogP) is 3.64. The highest BCUT2D eigenvalue weighted by Gasteiger charge is 2.23. The average molecular weight is 385 g/mol. The van der Waals surface area contributed by atoms with E-state index in [1.807, 2.05) is 0 Å². The van der Waals surface area contributed by atoms with Crippen molar-refractivity contribution in [2.45, 2.75) is 6.92 Å². The Bertz CT molecular complexity index is 450. The first-order chi connectivity index (χ1) is 8.50. The summed E-state index contributed by atoms with van der Waals surface area (Å²) < 4.78 is 23.4. The molecule has 6 nitrogen and oxygen atoms in total. The van der Waals surface area contributed by atoms with Crippen molar-refractivity contribution in [2.75, 3.05) is 17.2 Å². The minimum Gasteiger partial charge on any atom is -0.424 e. The van der Waals surface area contributed by atoms with Crippen LogP contribution < -0.4 is 4.52 Å². The second-order valence-corrected chi connectivity index (χ2v) is 6.67. The number of nitro benzene ring substituents is 1. The average Bonchev–Trinajstić information content (AvgIpc) is 2.37. The molecule has 18 heavy (non-hydrogen) atoms. The summed E-state index contributed by atoms with van der Waals surface area (Å²) in [5, 5.41) is 10.5. The van der Waals surface area contributed by atoms with Crippen molar-refractivity contribution in [1.82, 2.24) is 0 Å².